The van der Waals surface area contributed by atoms with Gasteiger partial charge in [0.1, 0.15) is 5.75 Å². The fourth-order valence-corrected chi connectivity index (χ4v) is 3.04. The minimum atomic E-state index is -0.881. The van der Waals surface area contributed by atoms with Gasteiger partial charge in [-0.25, -0.2) is 4.79 Å². The average Bonchev–Trinajstić information content (AvgIpc) is 3.20. The molecule has 0 aliphatic heterocycles. The van der Waals surface area contributed by atoms with Crippen LogP contribution in [0.4, 0.5) is 0 Å². The topological polar surface area (TPSA) is 53.4 Å². The molecule has 0 saturated heterocycles. The Morgan fingerprint density at radius 3 is 2.68 bits per heavy atom. The van der Waals surface area contributed by atoms with E-state index in [0.29, 0.717) is 16.3 Å². The molecule has 3 rings (SSSR count). The first-order valence-electron chi connectivity index (χ1n) is 9.25. The highest BCUT2D eigenvalue weighted by atomic mass is 35.5. The highest BCUT2D eigenvalue weighted by Crippen LogP contribution is 2.35. The number of hydrogen-bond donors (Lipinski definition) is 0. The Balaban J connectivity index is 1.95. The zero-order chi connectivity index (χ0) is 19.9. The van der Waals surface area contributed by atoms with E-state index in [4.69, 9.17) is 21.1 Å². The van der Waals surface area contributed by atoms with Gasteiger partial charge in [0, 0.05) is 28.9 Å². The van der Waals surface area contributed by atoms with Crippen molar-refractivity contribution in [1.29, 1.82) is 0 Å². The predicted octanol–water partition coefficient (Wildman–Crippen LogP) is 5.30. The fraction of sp³-hybridized carbons (Fsp3) is 0.273. The molecule has 146 valence electrons. The number of rotatable bonds is 8. The van der Waals surface area contributed by atoms with Gasteiger partial charge in [0.05, 0.1) is 12.8 Å². The highest BCUT2D eigenvalue weighted by molar-refractivity contribution is 6.31. The predicted molar refractivity (Wildman–Crippen MR) is 109 cm³/mol. The van der Waals surface area contributed by atoms with Crippen LogP contribution < -0.4 is 4.74 Å². The maximum absolute atomic E-state index is 12.4. The molecule has 6 heteroatoms. The summed E-state index contributed by atoms with van der Waals surface area (Å²) in [7, 11) is 1.35. The van der Waals surface area contributed by atoms with Crippen molar-refractivity contribution >= 4 is 17.6 Å². The van der Waals surface area contributed by atoms with Crippen molar-refractivity contribution in [3.8, 4) is 17.0 Å². The molecule has 1 atom stereocenters. The fourth-order valence-electron chi connectivity index (χ4n) is 2.87. The Kier molecular flexibility index (Phi) is 6.71. The van der Waals surface area contributed by atoms with Gasteiger partial charge in [0.25, 0.3) is 0 Å². The molecule has 2 aromatic carbocycles. The maximum Gasteiger partial charge on any atom is 0.351 e. The number of carbonyl (C=O) groups is 1. The van der Waals surface area contributed by atoms with Crippen molar-refractivity contribution in [2.75, 3.05) is 7.11 Å². The van der Waals surface area contributed by atoms with Crippen LogP contribution in [0.15, 0.2) is 60.8 Å². The molecule has 0 radical (unpaired) electrons. The third-order valence-electron chi connectivity index (χ3n) is 4.36. The van der Waals surface area contributed by atoms with Gasteiger partial charge < -0.3 is 9.47 Å². The lowest BCUT2D eigenvalue weighted by Crippen LogP contribution is -2.20. The zero-order valence-corrected chi connectivity index (χ0v) is 16.7. The van der Waals surface area contributed by atoms with Crippen LogP contribution in [0.25, 0.3) is 11.3 Å². The summed E-state index contributed by atoms with van der Waals surface area (Å²) < 4.78 is 12.9. The molecular weight excluding hydrogens is 376 g/mol. The molecule has 0 aliphatic rings. The number of carbonyl (C=O) groups excluding carboxylic acids is 1. The van der Waals surface area contributed by atoms with E-state index < -0.39 is 12.1 Å². The summed E-state index contributed by atoms with van der Waals surface area (Å²) in [4.78, 5) is 12.4. The number of ether oxygens (including phenoxy) is 2. The van der Waals surface area contributed by atoms with E-state index in [2.05, 4.69) is 12.0 Å². The standard InChI is InChI=1S/C22H23ClN2O3/c1-3-4-13-25-14-12-19(24-25)18-15-17(23)10-11-20(18)28-21(22(26)27-2)16-8-6-5-7-9-16/h5-12,14-15,21H,3-4,13H2,1-2H3. The molecular formula is C22H23ClN2O3. The largest absolute Gasteiger partial charge is 0.473 e. The molecule has 0 bridgehead atoms. The summed E-state index contributed by atoms with van der Waals surface area (Å²) in [6, 6.07) is 16.4. The second-order valence-electron chi connectivity index (χ2n) is 6.39. The van der Waals surface area contributed by atoms with Gasteiger partial charge >= 0.3 is 5.97 Å². The van der Waals surface area contributed by atoms with Crippen LogP contribution >= 0.6 is 11.6 Å². The van der Waals surface area contributed by atoms with Crippen LogP contribution in [-0.2, 0) is 16.1 Å². The molecule has 0 N–H and O–H groups in total. The van der Waals surface area contributed by atoms with Crippen LogP contribution in [0.5, 0.6) is 5.75 Å². The Morgan fingerprint density at radius 1 is 1.18 bits per heavy atom. The van der Waals surface area contributed by atoms with E-state index in [-0.39, 0.29) is 0 Å². The van der Waals surface area contributed by atoms with Crippen molar-refractivity contribution in [3.05, 3.63) is 71.4 Å². The first kappa shape index (κ1) is 20.0. The number of hydrogen-bond acceptors (Lipinski definition) is 4. The monoisotopic (exact) mass is 398 g/mol. The van der Waals surface area contributed by atoms with Gasteiger partial charge in [-0.3, -0.25) is 4.68 Å². The van der Waals surface area contributed by atoms with Crippen LogP contribution in [0, 0.1) is 0 Å². The van der Waals surface area contributed by atoms with E-state index in [1.54, 1.807) is 18.2 Å². The molecule has 28 heavy (non-hydrogen) atoms. The number of methoxy groups -OCH3 is 1. The van der Waals surface area contributed by atoms with Gasteiger partial charge in [-0.05, 0) is 30.7 Å². The van der Waals surface area contributed by atoms with Gasteiger partial charge in [0.15, 0.2) is 0 Å². The smallest absolute Gasteiger partial charge is 0.351 e. The molecule has 1 heterocycles. The maximum atomic E-state index is 12.4. The van der Waals surface area contributed by atoms with Gasteiger partial charge in [0.2, 0.25) is 6.10 Å². The second-order valence-corrected chi connectivity index (χ2v) is 6.83. The van der Waals surface area contributed by atoms with Crippen molar-refractivity contribution in [2.45, 2.75) is 32.4 Å². The lowest BCUT2D eigenvalue weighted by molar-refractivity contribution is -0.149. The number of halogens is 1. The second kappa shape index (κ2) is 9.42. The first-order valence-corrected chi connectivity index (χ1v) is 9.63. The Bertz CT molecular complexity index is 925. The van der Waals surface area contributed by atoms with Crippen molar-refractivity contribution < 1.29 is 14.3 Å². The lowest BCUT2D eigenvalue weighted by atomic mass is 10.1. The quantitative estimate of drug-likeness (QED) is 0.483. The Labute approximate surface area is 169 Å². The third kappa shape index (κ3) is 4.73. The molecule has 0 spiro atoms. The number of unbranched alkanes of at least 4 members (excludes halogenated alkanes) is 1. The molecule has 1 aromatic heterocycles. The first-order chi connectivity index (χ1) is 13.6. The molecule has 0 fully saturated rings. The summed E-state index contributed by atoms with van der Waals surface area (Å²) in [5.41, 5.74) is 2.18. The molecule has 0 amide bonds. The number of nitrogens with zero attached hydrogens (tertiary/aromatic N) is 2. The minimum Gasteiger partial charge on any atom is -0.473 e. The Hall–Kier alpha value is -2.79. The van der Waals surface area contributed by atoms with Crippen molar-refractivity contribution in [3.63, 3.8) is 0 Å². The summed E-state index contributed by atoms with van der Waals surface area (Å²) in [6.45, 7) is 2.99. The molecule has 3 aromatic rings. The zero-order valence-electron chi connectivity index (χ0n) is 16.0. The molecule has 5 nitrogen and oxygen atoms in total. The highest BCUT2D eigenvalue weighted by Gasteiger charge is 2.25. The summed E-state index contributed by atoms with van der Waals surface area (Å²) in [5, 5.41) is 5.20. The minimum absolute atomic E-state index is 0.472. The molecule has 0 aliphatic carbocycles. The SMILES string of the molecule is CCCCn1ccc(-c2cc(Cl)ccc2OC(C(=O)OC)c2ccccc2)n1. The number of aromatic nitrogens is 2. The van der Waals surface area contributed by atoms with Crippen LogP contribution in [0.3, 0.4) is 0 Å². The van der Waals surface area contributed by atoms with E-state index in [1.807, 2.05) is 47.3 Å². The van der Waals surface area contributed by atoms with E-state index in [9.17, 15) is 4.79 Å². The van der Waals surface area contributed by atoms with E-state index in [1.165, 1.54) is 7.11 Å². The van der Waals surface area contributed by atoms with Crippen LogP contribution in [0.2, 0.25) is 5.02 Å². The average molecular weight is 399 g/mol. The van der Waals surface area contributed by atoms with Gasteiger partial charge in [-0.15, -0.1) is 0 Å². The van der Waals surface area contributed by atoms with Crippen molar-refractivity contribution in [2.24, 2.45) is 0 Å². The van der Waals surface area contributed by atoms with Crippen LogP contribution in [-0.4, -0.2) is 22.9 Å². The van der Waals surface area contributed by atoms with Crippen LogP contribution in [0.1, 0.15) is 31.4 Å². The summed E-state index contributed by atoms with van der Waals surface area (Å²) in [6.07, 6.45) is 3.20. The third-order valence-corrected chi connectivity index (χ3v) is 4.60. The molecule has 1 unspecified atom stereocenters. The number of esters is 1. The lowest BCUT2D eigenvalue weighted by Gasteiger charge is -2.19. The number of aryl methyl sites for hydroxylation is 1. The van der Waals surface area contributed by atoms with E-state index >= 15 is 0 Å². The normalized spacial score (nSPS) is 11.8. The summed E-state index contributed by atoms with van der Waals surface area (Å²) in [5.74, 6) is 0.0463. The number of benzene rings is 2. The Morgan fingerprint density at radius 2 is 1.96 bits per heavy atom. The van der Waals surface area contributed by atoms with Gasteiger partial charge in [-0.1, -0.05) is 55.3 Å². The molecule has 0 saturated carbocycles. The van der Waals surface area contributed by atoms with Crippen molar-refractivity contribution in [1.82, 2.24) is 9.78 Å². The van der Waals surface area contributed by atoms with Gasteiger partial charge in [-0.2, -0.15) is 5.10 Å². The van der Waals surface area contributed by atoms with E-state index in [0.717, 1.165) is 30.6 Å². The summed E-state index contributed by atoms with van der Waals surface area (Å²) >= 11 is 6.22.